The molecule has 2 heterocycles. The lowest BCUT2D eigenvalue weighted by Crippen LogP contribution is -2.47. The summed E-state index contributed by atoms with van der Waals surface area (Å²) in [6.07, 6.45) is 0. The number of anilines is 2. The molecule has 106 valence electrons. The van der Waals surface area contributed by atoms with Crippen molar-refractivity contribution >= 4 is 32.2 Å². The topological polar surface area (TPSA) is 76.3 Å². The minimum Gasteiger partial charge on any atom is -0.399 e. The molecule has 1 unspecified atom stereocenters. The van der Waals surface area contributed by atoms with Crippen LogP contribution < -0.4 is 10.6 Å². The Bertz CT molecular complexity index is 758. The molecular formula is C14H17N3O2S. The maximum Gasteiger partial charge on any atom is 0.154 e. The number of sulfone groups is 1. The van der Waals surface area contributed by atoms with Gasteiger partial charge in [-0.25, -0.2) is 13.4 Å². The van der Waals surface area contributed by atoms with Crippen molar-refractivity contribution in [1.82, 2.24) is 4.98 Å². The second-order valence-corrected chi connectivity index (χ2v) is 7.51. The molecule has 0 saturated carbocycles. The first-order valence-corrected chi connectivity index (χ1v) is 8.40. The first-order valence-electron chi connectivity index (χ1n) is 6.58. The minimum atomic E-state index is -2.91. The summed E-state index contributed by atoms with van der Waals surface area (Å²) in [6.45, 7) is 2.42. The Labute approximate surface area is 118 Å². The fourth-order valence-electron chi connectivity index (χ4n) is 2.63. The molecule has 6 heteroatoms. The number of hydrogen-bond donors (Lipinski definition) is 1. The van der Waals surface area contributed by atoms with Crippen LogP contribution in [0.4, 0.5) is 11.5 Å². The maximum atomic E-state index is 11.6. The molecule has 1 aliphatic heterocycles. The first-order chi connectivity index (χ1) is 9.44. The summed E-state index contributed by atoms with van der Waals surface area (Å²) in [5.41, 5.74) is 7.34. The highest BCUT2D eigenvalue weighted by Crippen LogP contribution is 2.23. The highest BCUT2D eigenvalue weighted by atomic mass is 32.2. The van der Waals surface area contributed by atoms with Gasteiger partial charge >= 0.3 is 0 Å². The van der Waals surface area contributed by atoms with Gasteiger partial charge < -0.3 is 10.6 Å². The zero-order chi connectivity index (χ0) is 14.3. The van der Waals surface area contributed by atoms with E-state index in [1.54, 1.807) is 0 Å². The molecule has 0 spiro atoms. The van der Waals surface area contributed by atoms with Gasteiger partial charge in [0, 0.05) is 23.7 Å². The predicted octanol–water partition coefficient (Wildman–Crippen LogP) is 1.44. The monoisotopic (exact) mass is 291 g/mol. The van der Waals surface area contributed by atoms with Crippen LogP contribution in [-0.4, -0.2) is 37.5 Å². The first kappa shape index (κ1) is 13.2. The highest BCUT2D eigenvalue weighted by molar-refractivity contribution is 7.91. The third kappa shape index (κ3) is 2.43. The number of aromatic nitrogens is 1. The highest BCUT2D eigenvalue weighted by Gasteiger charge is 2.28. The summed E-state index contributed by atoms with van der Waals surface area (Å²) in [5.74, 6) is 1.21. The van der Waals surface area contributed by atoms with Crippen LogP contribution >= 0.6 is 0 Å². The van der Waals surface area contributed by atoms with E-state index < -0.39 is 9.84 Å². The third-order valence-electron chi connectivity index (χ3n) is 3.66. The van der Waals surface area contributed by atoms with Gasteiger partial charge in [-0.3, -0.25) is 0 Å². The van der Waals surface area contributed by atoms with Crippen LogP contribution in [0.2, 0.25) is 0 Å². The summed E-state index contributed by atoms with van der Waals surface area (Å²) in [5, 5.41) is 0.992. The number of fused-ring (bicyclic) bond motifs is 1. The molecule has 0 bridgehead atoms. The Hall–Kier alpha value is -1.82. The van der Waals surface area contributed by atoms with Crippen LogP contribution in [0.15, 0.2) is 30.3 Å². The largest absolute Gasteiger partial charge is 0.399 e. The maximum absolute atomic E-state index is 11.6. The van der Waals surface area contributed by atoms with Crippen molar-refractivity contribution in [2.75, 3.05) is 28.7 Å². The van der Waals surface area contributed by atoms with Crippen LogP contribution in [0.25, 0.3) is 10.9 Å². The van der Waals surface area contributed by atoms with Gasteiger partial charge in [0.15, 0.2) is 9.84 Å². The number of hydrogen-bond acceptors (Lipinski definition) is 5. The molecule has 2 N–H and O–H groups in total. The lowest BCUT2D eigenvalue weighted by atomic mass is 10.2. The second-order valence-electron chi connectivity index (χ2n) is 5.28. The van der Waals surface area contributed by atoms with Gasteiger partial charge in [-0.2, -0.15) is 0 Å². The number of nitrogens with zero attached hydrogens (tertiary/aromatic N) is 2. The number of benzene rings is 1. The van der Waals surface area contributed by atoms with E-state index in [0.717, 1.165) is 16.7 Å². The SMILES string of the molecule is CC1CS(=O)(=O)CCN1c1ccc2cc(N)ccc2n1. The molecule has 5 nitrogen and oxygen atoms in total. The normalized spacial score (nSPS) is 22.1. The third-order valence-corrected chi connectivity index (χ3v) is 5.46. The molecule has 1 aromatic carbocycles. The fraction of sp³-hybridized carbons (Fsp3) is 0.357. The van der Waals surface area contributed by atoms with Crippen LogP contribution in [0, 0.1) is 0 Å². The van der Waals surface area contributed by atoms with Gasteiger partial charge in [-0.05, 0) is 37.3 Å². The van der Waals surface area contributed by atoms with Crippen molar-refractivity contribution in [1.29, 1.82) is 0 Å². The van der Waals surface area contributed by atoms with E-state index >= 15 is 0 Å². The summed E-state index contributed by atoms with van der Waals surface area (Å²) in [4.78, 5) is 6.67. The summed E-state index contributed by atoms with van der Waals surface area (Å²) in [6, 6.07) is 9.45. The van der Waals surface area contributed by atoms with E-state index in [1.807, 2.05) is 37.3 Å². The van der Waals surface area contributed by atoms with E-state index in [1.165, 1.54) is 0 Å². The van der Waals surface area contributed by atoms with Gasteiger partial charge in [0.1, 0.15) is 5.82 Å². The van der Waals surface area contributed by atoms with Crippen molar-refractivity contribution in [3.63, 3.8) is 0 Å². The van der Waals surface area contributed by atoms with Crippen molar-refractivity contribution in [3.8, 4) is 0 Å². The molecular weight excluding hydrogens is 274 g/mol. The lowest BCUT2D eigenvalue weighted by Gasteiger charge is -2.34. The van der Waals surface area contributed by atoms with Crippen LogP contribution in [-0.2, 0) is 9.84 Å². The molecule has 0 radical (unpaired) electrons. The van der Waals surface area contributed by atoms with Crippen LogP contribution in [0.1, 0.15) is 6.92 Å². The quantitative estimate of drug-likeness (QED) is 0.805. The summed E-state index contributed by atoms with van der Waals surface area (Å²) >= 11 is 0. The average molecular weight is 291 g/mol. The molecule has 1 atom stereocenters. The van der Waals surface area contributed by atoms with Gasteiger partial charge in [-0.15, -0.1) is 0 Å². The average Bonchev–Trinajstić information content (AvgIpc) is 2.37. The molecule has 3 rings (SSSR count). The zero-order valence-electron chi connectivity index (χ0n) is 11.3. The summed E-state index contributed by atoms with van der Waals surface area (Å²) < 4.78 is 23.3. The zero-order valence-corrected chi connectivity index (χ0v) is 12.1. The van der Waals surface area contributed by atoms with Crippen LogP contribution in [0.3, 0.4) is 0 Å². The van der Waals surface area contributed by atoms with E-state index in [2.05, 4.69) is 9.88 Å². The van der Waals surface area contributed by atoms with Gasteiger partial charge in [0.25, 0.3) is 0 Å². The van der Waals surface area contributed by atoms with E-state index in [0.29, 0.717) is 12.2 Å². The predicted molar refractivity (Wildman–Crippen MR) is 81.6 cm³/mol. The smallest absolute Gasteiger partial charge is 0.154 e. The number of nitrogen functional groups attached to an aromatic ring is 1. The Balaban J connectivity index is 1.96. The molecule has 20 heavy (non-hydrogen) atoms. The van der Waals surface area contributed by atoms with Crippen molar-refractivity contribution < 1.29 is 8.42 Å². The summed E-state index contributed by atoms with van der Waals surface area (Å²) in [7, 11) is -2.91. The Morgan fingerprint density at radius 1 is 1.30 bits per heavy atom. The Morgan fingerprint density at radius 3 is 2.85 bits per heavy atom. The fourth-order valence-corrected chi connectivity index (χ4v) is 4.19. The number of nitrogens with two attached hydrogens (primary N) is 1. The van der Waals surface area contributed by atoms with E-state index in [-0.39, 0.29) is 17.5 Å². The Morgan fingerprint density at radius 2 is 2.10 bits per heavy atom. The van der Waals surface area contributed by atoms with Gasteiger partial charge in [-0.1, -0.05) is 0 Å². The van der Waals surface area contributed by atoms with Crippen LogP contribution in [0.5, 0.6) is 0 Å². The molecule has 2 aromatic rings. The molecule has 1 aliphatic rings. The molecule has 1 aromatic heterocycles. The molecule has 0 amide bonds. The second kappa shape index (κ2) is 4.63. The standard InChI is InChI=1S/C14H17N3O2S/c1-10-9-20(18,19)7-6-17(10)14-5-2-11-8-12(15)3-4-13(11)16-14/h2-5,8,10H,6-7,9,15H2,1H3. The van der Waals surface area contributed by atoms with Crippen molar-refractivity contribution in [2.45, 2.75) is 13.0 Å². The van der Waals surface area contributed by atoms with E-state index in [4.69, 9.17) is 5.73 Å². The molecule has 0 aliphatic carbocycles. The minimum absolute atomic E-state index is 0.0486. The van der Waals surface area contributed by atoms with Gasteiger partial charge in [0.05, 0.1) is 17.0 Å². The van der Waals surface area contributed by atoms with Crippen molar-refractivity contribution in [3.05, 3.63) is 30.3 Å². The number of pyridine rings is 1. The number of rotatable bonds is 1. The Kier molecular flexibility index (Phi) is 3.05. The van der Waals surface area contributed by atoms with Gasteiger partial charge in [0.2, 0.25) is 0 Å². The molecule has 1 saturated heterocycles. The van der Waals surface area contributed by atoms with Crippen molar-refractivity contribution in [2.24, 2.45) is 0 Å². The molecule has 1 fully saturated rings. The van der Waals surface area contributed by atoms with E-state index in [9.17, 15) is 8.42 Å². The lowest BCUT2D eigenvalue weighted by molar-refractivity contribution is 0.567.